The first-order valence-corrected chi connectivity index (χ1v) is 10.6. The molecule has 0 unspecified atom stereocenters. The van der Waals surface area contributed by atoms with Crippen LogP contribution in [0.1, 0.15) is 18.1 Å². The molecule has 2 N–H and O–H groups in total. The Labute approximate surface area is 183 Å². The second-order valence-corrected chi connectivity index (χ2v) is 8.24. The number of aryl methyl sites for hydroxylation is 2. The standard InChI is InChI=1S/C23H29ClN4O2/c1-16-6-4-7-17(2)22(16)26-21(29)15-27-10-12-28(13-11-27)18(3)23(30)25-20-9-5-8-19(24)14-20/h4-9,14,18H,10-13,15H2,1-3H3,(H,25,30)(H,26,29)/t18-/m1/s1. The van der Waals surface area contributed by atoms with Crippen molar-refractivity contribution in [3.8, 4) is 0 Å². The summed E-state index contributed by atoms with van der Waals surface area (Å²) >= 11 is 5.98. The summed E-state index contributed by atoms with van der Waals surface area (Å²) in [6, 6.07) is 12.9. The minimum Gasteiger partial charge on any atom is -0.325 e. The molecule has 0 radical (unpaired) electrons. The molecule has 2 aromatic rings. The molecule has 2 aromatic carbocycles. The van der Waals surface area contributed by atoms with Crippen molar-refractivity contribution in [1.29, 1.82) is 0 Å². The lowest BCUT2D eigenvalue weighted by Gasteiger charge is -2.37. The van der Waals surface area contributed by atoms with Crippen molar-refractivity contribution in [2.45, 2.75) is 26.8 Å². The normalized spacial score (nSPS) is 16.1. The summed E-state index contributed by atoms with van der Waals surface area (Å²) in [6.45, 7) is 9.22. The molecule has 6 nitrogen and oxygen atoms in total. The van der Waals surface area contributed by atoms with E-state index in [1.165, 1.54) is 0 Å². The zero-order valence-corrected chi connectivity index (χ0v) is 18.5. The quantitative estimate of drug-likeness (QED) is 0.738. The molecule has 1 aliphatic rings. The van der Waals surface area contributed by atoms with E-state index in [-0.39, 0.29) is 17.9 Å². The summed E-state index contributed by atoms with van der Waals surface area (Å²) < 4.78 is 0. The fourth-order valence-corrected chi connectivity index (χ4v) is 3.87. The summed E-state index contributed by atoms with van der Waals surface area (Å²) in [5.74, 6) is -0.0638. The summed E-state index contributed by atoms with van der Waals surface area (Å²) in [5.41, 5.74) is 3.72. The van der Waals surface area contributed by atoms with Crippen molar-refractivity contribution in [2.75, 3.05) is 43.4 Å². The summed E-state index contributed by atoms with van der Waals surface area (Å²) in [6.07, 6.45) is 0. The molecule has 0 saturated carbocycles. The van der Waals surface area contributed by atoms with Crippen LogP contribution in [0.2, 0.25) is 5.02 Å². The fraction of sp³-hybridized carbons (Fsp3) is 0.391. The van der Waals surface area contributed by atoms with Crippen LogP contribution in [0.5, 0.6) is 0 Å². The molecule has 3 rings (SSSR count). The van der Waals surface area contributed by atoms with Gasteiger partial charge in [0.1, 0.15) is 0 Å². The molecule has 0 aliphatic carbocycles. The van der Waals surface area contributed by atoms with Crippen LogP contribution >= 0.6 is 11.6 Å². The number of para-hydroxylation sites is 1. The van der Waals surface area contributed by atoms with Crippen LogP contribution in [0, 0.1) is 13.8 Å². The molecule has 1 aliphatic heterocycles. The molecule has 1 atom stereocenters. The Morgan fingerprint density at radius 1 is 1.00 bits per heavy atom. The first kappa shape index (κ1) is 22.3. The van der Waals surface area contributed by atoms with E-state index in [4.69, 9.17) is 11.6 Å². The Hall–Kier alpha value is -2.41. The van der Waals surface area contributed by atoms with Crippen LogP contribution < -0.4 is 10.6 Å². The fourth-order valence-electron chi connectivity index (χ4n) is 3.68. The largest absolute Gasteiger partial charge is 0.325 e. The van der Waals surface area contributed by atoms with Gasteiger partial charge in [0.15, 0.2) is 0 Å². The summed E-state index contributed by atoms with van der Waals surface area (Å²) in [5, 5.41) is 6.55. The second kappa shape index (κ2) is 10.1. The number of nitrogens with zero attached hydrogens (tertiary/aromatic N) is 2. The Morgan fingerprint density at radius 2 is 1.63 bits per heavy atom. The van der Waals surface area contributed by atoms with Crippen LogP contribution in [0.25, 0.3) is 0 Å². The molecular weight excluding hydrogens is 400 g/mol. The van der Waals surface area contributed by atoms with Gasteiger partial charge in [0, 0.05) is 42.6 Å². The van der Waals surface area contributed by atoms with E-state index in [2.05, 4.69) is 20.4 Å². The summed E-state index contributed by atoms with van der Waals surface area (Å²) in [7, 11) is 0. The molecule has 30 heavy (non-hydrogen) atoms. The monoisotopic (exact) mass is 428 g/mol. The Bertz CT molecular complexity index is 890. The number of nitrogens with one attached hydrogen (secondary N) is 2. The molecule has 7 heteroatoms. The number of carbonyl (C=O) groups excluding carboxylic acids is 2. The molecule has 1 fully saturated rings. The number of rotatable bonds is 6. The highest BCUT2D eigenvalue weighted by atomic mass is 35.5. The minimum absolute atomic E-state index is 0.00685. The third-order valence-electron chi connectivity index (χ3n) is 5.54. The molecule has 2 amide bonds. The van der Waals surface area contributed by atoms with Gasteiger partial charge in [-0.1, -0.05) is 35.9 Å². The van der Waals surface area contributed by atoms with E-state index in [1.807, 2.05) is 51.1 Å². The molecule has 1 heterocycles. The van der Waals surface area contributed by atoms with E-state index in [0.29, 0.717) is 17.3 Å². The Balaban J connectivity index is 1.47. The molecular formula is C23H29ClN4O2. The van der Waals surface area contributed by atoms with Gasteiger partial charge in [-0.2, -0.15) is 0 Å². The zero-order chi connectivity index (χ0) is 21.7. The van der Waals surface area contributed by atoms with Gasteiger partial charge in [0.05, 0.1) is 12.6 Å². The lowest BCUT2D eigenvalue weighted by Crippen LogP contribution is -2.53. The first-order chi connectivity index (χ1) is 14.3. The van der Waals surface area contributed by atoms with Crippen LogP contribution in [0.3, 0.4) is 0 Å². The van der Waals surface area contributed by atoms with Crippen molar-refractivity contribution in [2.24, 2.45) is 0 Å². The van der Waals surface area contributed by atoms with Gasteiger partial charge >= 0.3 is 0 Å². The number of hydrogen-bond donors (Lipinski definition) is 2. The van der Waals surface area contributed by atoms with Gasteiger partial charge in [0.25, 0.3) is 0 Å². The van der Waals surface area contributed by atoms with Gasteiger partial charge in [-0.3, -0.25) is 19.4 Å². The molecule has 0 bridgehead atoms. The first-order valence-electron chi connectivity index (χ1n) is 10.2. The van der Waals surface area contributed by atoms with Crippen molar-refractivity contribution in [1.82, 2.24) is 9.80 Å². The smallest absolute Gasteiger partial charge is 0.241 e. The Kier molecular flexibility index (Phi) is 7.48. The van der Waals surface area contributed by atoms with E-state index >= 15 is 0 Å². The molecule has 160 valence electrons. The number of benzene rings is 2. The van der Waals surface area contributed by atoms with E-state index in [9.17, 15) is 9.59 Å². The molecule has 1 saturated heterocycles. The van der Waals surface area contributed by atoms with Crippen molar-refractivity contribution < 1.29 is 9.59 Å². The van der Waals surface area contributed by atoms with Crippen LogP contribution in [0.15, 0.2) is 42.5 Å². The minimum atomic E-state index is -0.255. The maximum Gasteiger partial charge on any atom is 0.241 e. The van der Waals surface area contributed by atoms with Crippen molar-refractivity contribution in [3.05, 3.63) is 58.6 Å². The lowest BCUT2D eigenvalue weighted by atomic mass is 10.1. The maximum atomic E-state index is 12.6. The number of anilines is 2. The topological polar surface area (TPSA) is 64.7 Å². The molecule has 0 spiro atoms. The number of halogens is 1. The highest BCUT2D eigenvalue weighted by Gasteiger charge is 2.26. The second-order valence-electron chi connectivity index (χ2n) is 7.80. The molecule has 0 aromatic heterocycles. The summed E-state index contributed by atoms with van der Waals surface area (Å²) in [4.78, 5) is 29.3. The SMILES string of the molecule is Cc1cccc(C)c1NC(=O)CN1CCN([C@H](C)C(=O)Nc2cccc(Cl)c2)CC1. The average Bonchev–Trinajstić information content (AvgIpc) is 2.71. The van der Waals surface area contributed by atoms with Crippen molar-refractivity contribution >= 4 is 34.8 Å². The van der Waals surface area contributed by atoms with Gasteiger partial charge in [-0.05, 0) is 50.1 Å². The van der Waals surface area contributed by atoms with Gasteiger partial charge in [0.2, 0.25) is 11.8 Å². The van der Waals surface area contributed by atoms with Crippen LogP contribution in [0.4, 0.5) is 11.4 Å². The third kappa shape index (κ3) is 5.81. The number of amides is 2. The zero-order valence-electron chi connectivity index (χ0n) is 17.7. The third-order valence-corrected chi connectivity index (χ3v) is 5.77. The van der Waals surface area contributed by atoms with Crippen molar-refractivity contribution in [3.63, 3.8) is 0 Å². The highest BCUT2D eigenvalue weighted by Crippen LogP contribution is 2.19. The van der Waals surface area contributed by atoms with Gasteiger partial charge in [-0.25, -0.2) is 0 Å². The number of carbonyl (C=O) groups is 2. The van der Waals surface area contributed by atoms with E-state index in [0.717, 1.165) is 43.0 Å². The van der Waals surface area contributed by atoms with Gasteiger partial charge < -0.3 is 10.6 Å². The lowest BCUT2D eigenvalue weighted by molar-refractivity contribution is -0.122. The predicted molar refractivity (Wildman–Crippen MR) is 122 cm³/mol. The van der Waals surface area contributed by atoms with Crippen LogP contribution in [-0.2, 0) is 9.59 Å². The maximum absolute atomic E-state index is 12.6. The number of hydrogen-bond acceptors (Lipinski definition) is 4. The van der Waals surface area contributed by atoms with E-state index in [1.54, 1.807) is 12.1 Å². The highest BCUT2D eigenvalue weighted by molar-refractivity contribution is 6.30. The van der Waals surface area contributed by atoms with E-state index < -0.39 is 0 Å². The number of piperazine rings is 1. The van der Waals surface area contributed by atoms with Gasteiger partial charge in [-0.15, -0.1) is 0 Å². The van der Waals surface area contributed by atoms with Crippen LogP contribution in [-0.4, -0.2) is 60.4 Å². The predicted octanol–water partition coefficient (Wildman–Crippen LogP) is 3.54. The average molecular weight is 429 g/mol. The Morgan fingerprint density at radius 3 is 2.27 bits per heavy atom.